The first-order valence-corrected chi connectivity index (χ1v) is 13.1. The highest BCUT2D eigenvalue weighted by Crippen LogP contribution is 2.31. The summed E-state index contributed by atoms with van der Waals surface area (Å²) in [6.45, 7) is 4.02. The molecule has 2 fully saturated rings. The molecule has 2 aliphatic heterocycles. The van der Waals surface area contributed by atoms with E-state index in [0.29, 0.717) is 52.6 Å². The van der Waals surface area contributed by atoms with Gasteiger partial charge in [-0.15, -0.1) is 0 Å². The number of carboxylic acid groups (broad SMARTS) is 1. The Labute approximate surface area is 229 Å². The number of nitrogens with zero attached hydrogens (tertiary/aromatic N) is 4. The minimum atomic E-state index is -1.39. The van der Waals surface area contributed by atoms with Gasteiger partial charge in [0.25, 0.3) is 0 Å². The minimum Gasteiger partial charge on any atom is -0.465 e. The molecule has 0 aliphatic carbocycles. The average molecular weight is 574 g/mol. The summed E-state index contributed by atoms with van der Waals surface area (Å²) >= 11 is 18.6. The summed E-state index contributed by atoms with van der Waals surface area (Å²) in [6, 6.07) is 3.18. The fraction of sp³-hybridized carbons (Fsp3) is 0.500. The Morgan fingerprint density at radius 2 is 1.95 bits per heavy atom. The van der Waals surface area contributed by atoms with Crippen molar-refractivity contribution in [1.82, 2.24) is 20.2 Å². The predicted molar refractivity (Wildman–Crippen MR) is 142 cm³/mol. The van der Waals surface area contributed by atoms with E-state index in [1.54, 1.807) is 24.0 Å². The summed E-state index contributed by atoms with van der Waals surface area (Å²) in [5.41, 5.74) is 0.806. The third kappa shape index (κ3) is 6.13. The molecule has 13 heteroatoms. The summed E-state index contributed by atoms with van der Waals surface area (Å²) in [4.78, 5) is 35.9. The average Bonchev–Trinajstić information content (AvgIpc) is 3.23. The summed E-state index contributed by atoms with van der Waals surface area (Å²) in [6.07, 6.45) is 0.239. The molecule has 0 unspecified atom stereocenters. The van der Waals surface area contributed by atoms with Crippen LogP contribution in [0.15, 0.2) is 24.4 Å². The number of hydrogen-bond donors (Lipinski definition) is 3. The lowest BCUT2D eigenvalue weighted by Crippen LogP contribution is -2.56. The molecule has 0 radical (unpaired) electrons. The molecule has 2 aromatic rings. The van der Waals surface area contributed by atoms with Crippen molar-refractivity contribution >= 4 is 58.6 Å². The molecule has 5 atom stereocenters. The van der Waals surface area contributed by atoms with Gasteiger partial charge >= 0.3 is 6.09 Å². The number of piperidine rings is 1. The number of aromatic nitrogens is 2. The maximum atomic E-state index is 15.1. The van der Waals surface area contributed by atoms with Crippen LogP contribution in [-0.2, 0) is 4.79 Å². The number of amides is 2. The van der Waals surface area contributed by atoms with Crippen molar-refractivity contribution in [2.75, 3.05) is 23.3 Å². The third-order valence-electron chi connectivity index (χ3n) is 6.86. The summed E-state index contributed by atoms with van der Waals surface area (Å²) < 4.78 is 15.1. The summed E-state index contributed by atoms with van der Waals surface area (Å²) in [7, 11) is 0. The molecule has 1 aromatic carbocycles. The largest absolute Gasteiger partial charge is 0.465 e. The van der Waals surface area contributed by atoms with Gasteiger partial charge in [0.05, 0.1) is 24.8 Å². The Morgan fingerprint density at radius 3 is 2.62 bits per heavy atom. The molecular formula is C24H28Cl3FN6O3. The van der Waals surface area contributed by atoms with Crippen molar-refractivity contribution < 1.29 is 19.1 Å². The molecule has 0 saturated carbocycles. The Morgan fingerprint density at radius 1 is 1.19 bits per heavy atom. The van der Waals surface area contributed by atoms with Crippen LogP contribution in [0.2, 0.25) is 15.1 Å². The number of carbonyl (C=O) groups excluding carboxylic acids is 1. The summed E-state index contributed by atoms with van der Waals surface area (Å²) in [5.74, 6) is 0.215. The fourth-order valence-electron chi connectivity index (χ4n) is 4.84. The smallest absolute Gasteiger partial charge is 0.408 e. The molecule has 2 aliphatic rings. The highest BCUT2D eigenvalue weighted by atomic mass is 35.5. The number of likely N-dealkylation sites (tertiary alicyclic amines) is 1. The van der Waals surface area contributed by atoms with Crippen LogP contribution < -0.4 is 15.5 Å². The third-order valence-corrected chi connectivity index (χ3v) is 7.70. The lowest BCUT2D eigenvalue weighted by Gasteiger charge is -2.36. The standard InChI is InChI=1S/C24H28Cl3FN6O3/c1-12-3-6-20(34(12)24(36)37)22(35)31-19-7-8-33(11-18(19)28)23-29-10-17(27)21(32-23)30-13(2)15-5-4-14(25)9-16(15)26/h4-5,9-10,12-13,18-20H,3,6-8,11H2,1-2H3,(H,31,35)(H,36,37)(H,29,30,32)/t12-,13+,18-,19-,20+/m0/s1. The van der Waals surface area contributed by atoms with Crippen molar-refractivity contribution in [3.05, 3.63) is 45.0 Å². The number of nitrogens with one attached hydrogen (secondary N) is 2. The van der Waals surface area contributed by atoms with Gasteiger partial charge in [-0.1, -0.05) is 40.9 Å². The molecule has 3 N–H and O–H groups in total. The number of rotatable bonds is 6. The number of anilines is 2. The highest BCUT2D eigenvalue weighted by molar-refractivity contribution is 6.35. The van der Waals surface area contributed by atoms with E-state index in [1.165, 1.54) is 6.20 Å². The van der Waals surface area contributed by atoms with E-state index in [2.05, 4.69) is 20.6 Å². The molecule has 0 bridgehead atoms. The first-order valence-electron chi connectivity index (χ1n) is 12.0. The number of hydrogen-bond acceptors (Lipinski definition) is 6. The zero-order valence-corrected chi connectivity index (χ0v) is 22.6. The van der Waals surface area contributed by atoms with Gasteiger partial charge in [-0.25, -0.2) is 14.2 Å². The van der Waals surface area contributed by atoms with Crippen LogP contribution in [0.25, 0.3) is 0 Å². The molecule has 1 aromatic heterocycles. The van der Waals surface area contributed by atoms with E-state index in [0.717, 1.165) is 10.5 Å². The molecule has 9 nitrogen and oxygen atoms in total. The Kier molecular flexibility index (Phi) is 8.50. The molecule has 2 saturated heterocycles. The van der Waals surface area contributed by atoms with Gasteiger partial charge in [-0.3, -0.25) is 9.69 Å². The van der Waals surface area contributed by atoms with E-state index in [1.807, 2.05) is 13.0 Å². The van der Waals surface area contributed by atoms with Gasteiger partial charge in [-0.2, -0.15) is 4.98 Å². The highest BCUT2D eigenvalue weighted by Gasteiger charge is 2.41. The first kappa shape index (κ1) is 27.5. The van der Waals surface area contributed by atoms with Crippen LogP contribution >= 0.6 is 34.8 Å². The normalized spacial score (nSPS) is 24.6. The topological polar surface area (TPSA) is 111 Å². The molecule has 4 rings (SSSR count). The van der Waals surface area contributed by atoms with Gasteiger partial charge in [0.15, 0.2) is 5.82 Å². The maximum Gasteiger partial charge on any atom is 0.408 e. The second-order valence-electron chi connectivity index (χ2n) is 9.40. The zero-order valence-electron chi connectivity index (χ0n) is 20.3. The van der Waals surface area contributed by atoms with E-state index < -0.39 is 30.3 Å². The zero-order chi connectivity index (χ0) is 26.9. The summed E-state index contributed by atoms with van der Waals surface area (Å²) in [5, 5.41) is 16.7. The van der Waals surface area contributed by atoms with Crippen LogP contribution in [0.5, 0.6) is 0 Å². The predicted octanol–water partition coefficient (Wildman–Crippen LogP) is 5.17. The van der Waals surface area contributed by atoms with Crippen LogP contribution in [0.3, 0.4) is 0 Å². The van der Waals surface area contributed by atoms with Gasteiger partial charge < -0.3 is 20.6 Å². The Hall–Kier alpha value is -2.56. The first-order chi connectivity index (χ1) is 17.5. The van der Waals surface area contributed by atoms with Gasteiger partial charge in [0.1, 0.15) is 17.2 Å². The van der Waals surface area contributed by atoms with Gasteiger partial charge in [0.2, 0.25) is 11.9 Å². The fourth-order valence-corrected chi connectivity index (χ4v) is 5.56. The molecule has 37 heavy (non-hydrogen) atoms. The lowest BCUT2D eigenvalue weighted by atomic mass is 10.0. The molecule has 0 spiro atoms. The SMILES string of the molecule is C[C@@H](Nc1nc(N2CC[C@H](NC(=O)[C@H]3CC[C@H](C)N3C(=O)O)[C@@H](F)C2)ncc1Cl)c1ccc(Cl)cc1Cl. The van der Waals surface area contributed by atoms with Crippen LogP contribution in [0, 0.1) is 0 Å². The quantitative estimate of drug-likeness (QED) is 0.437. The molecular weight excluding hydrogens is 546 g/mol. The second-order valence-corrected chi connectivity index (χ2v) is 10.6. The lowest BCUT2D eigenvalue weighted by molar-refractivity contribution is -0.126. The van der Waals surface area contributed by atoms with Crippen LogP contribution in [-0.4, -0.2) is 69.4 Å². The minimum absolute atomic E-state index is 0.0334. The second kappa shape index (κ2) is 11.4. The number of carbonyl (C=O) groups is 2. The Bertz CT molecular complexity index is 1170. The van der Waals surface area contributed by atoms with Crippen molar-refractivity contribution in [3.63, 3.8) is 0 Å². The van der Waals surface area contributed by atoms with Crippen molar-refractivity contribution in [3.8, 4) is 0 Å². The van der Waals surface area contributed by atoms with Crippen molar-refractivity contribution in [2.24, 2.45) is 0 Å². The van der Waals surface area contributed by atoms with Crippen LogP contribution in [0.1, 0.15) is 44.7 Å². The maximum absolute atomic E-state index is 15.1. The van der Waals surface area contributed by atoms with Crippen molar-refractivity contribution in [2.45, 2.75) is 63.4 Å². The van der Waals surface area contributed by atoms with Gasteiger partial charge in [-0.05, 0) is 50.8 Å². The van der Waals surface area contributed by atoms with E-state index >= 15 is 4.39 Å². The number of alkyl halides is 1. The molecule has 3 heterocycles. The van der Waals surface area contributed by atoms with E-state index in [4.69, 9.17) is 34.8 Å². The Balaban J connectivity index is 1.40. The van der Waals surface area contributed by atoms with Crippen molar-refractivity contribution in [1.29, 1.82) is 0 Å². The van der Waals surface area contributed by atoms with E-state index in [-0.39, 0.29) is 18.6 Å². The van der Waals surface area contributed by atoms with E-state index in [9.17, 15) is 14.7 Å². The number of halogens is 4. The molecule has 2 amide bonds. The van der Waals surface area contributed by atoms with Gasteiger partial charge in [0, 0.05) is 22.6 Å². The molecule has 200 valence electrons. The monoisotopic (exact) mass is 572 g/mol. The number of benzene rings is 1. The van der Waals surface area contributed by atoms with Crippen LogP contribution in [0.4, 0.5) is 21.0 Å².